The number of aliphatic hydroxyl groups is 1. The van der Waals surface area contributed by atoms with Gasteiger partial charge in [-0.05, 0) is 19.4 Å². The minimum atomic E-state index is -0.744. The van der Waals surface area contributed by atoms with Crippen LogP contribution in [0, 0.1) is 5.92 Å². The average Bonchev–Trinajstić information content (AvgIpc) is 2.75. The Morgan fingerprint density at radius 1 is 1.33 bits per heavy atom. The average molecular weight is 291 g/mol. The fourth-order valence-electron chi connectivity index (χ4n) is 3.24. The lowest BCUT2D eigenvalue weighted by atomic mass is 9.78. The summed E-state index contributed by atoms with van der Waals surface area (Å²) >= 11 is 0. The van der Waals surface area contributed by atoms with Crippen LogP contribution >= 0.6 is 0 Å². The second-order valence-electron chi connectivity index (χ2n) is 6.10. The Balaban J connectivity index is 1.87. The number of aliphatic hydroxyl groups excluding tert-OH is 1. The van der Waals surface area contributed by atoms with Crippen molar-refractivity contribution in [2.45, 2.75) is 37.8 Å². The van der Waals surface area contributed by atoms with Crippen LogP contribution in [0.15, 0.2) is 35.5 Å². The molecule has 0 aromatic heterocycles. The Hall–Kier alpha value is -1.43. The SMILES string of the molecule is CC1(C)O[C@H](CO)[C@]2(OCc3ccccc3)C=NOC[C@H]12. The van der Waals surface area contributed by atoms with Crippen LogP contribution in [0.1, 0.15) is 19.4 Å². The summed E-state index contributed by atoms with van der Waals surface area (Å²) in [6.07, 6.45) is 1.22. The molecule has 0 saturated carbocycles. The Kier molecular flexibility index (Phi) is 3.73. The monoisotopic (exact) mass is 291 g/mol. The number of fused-ring (bicyclic) bond motifs is 1. The molecule has 21 heavy (non-hydrogen) atoms. The molecular formula is C16H21NO4. The molecular weight excluding hydrogens is 270 g/mol. The summed E-state index contributed by atoms with van der Waals surface area (Å²) in [5.41, 5.74) is -0.102. The maximum Gasteiger partial charge on any atom is 0.144 e. The van der Waals surface area contributed by atoms with E-state index in [1.807, 2.05) is 44.2 Å². The van der Waals surface area contributed by atoms with Crippen molar-refractivity contribution < 1.29 is 19.4 Å². The van der Waals surface area contributed by atoms with Gasteiger partial charge in [-0.15, -0.1) is 0 Å². The predicted octanol–water partition coefficient (Wildman–Crippen LogP) is 1.74. The third-order valence-corrected chi connectivity index (χ3v) is 4.40. The highest BCUT2D eigenvalue weighted by Gasteiger charge is 2.62. The van der Waals surface area contributed by atoms with Crippen LogP contribution in [0.3, 0.4) is 0 Å². The van der Waals surface area contributed by atoms with E-state index in [1.165, 1.54) is 0 Å². The largest absolute Gasteiger partial charge is 0.395 e. The van der Waals surface area contributed by atoms with E-state index in [2.05, 4.69) is 5.16 Å². The summed E-state index contributed by atoms with van der Waals surface area (Å²) in [7, 11) is 0. The first-order valence-electron chi connectivity index (χ1n) is 7.21. The van der Waals surface area contributed by atoms with E-state index in [4.69, 9.17) is 14.3 Å². The van der Waals surface area contributed by atoms with Gasteiger partial charge in [0.15, 0.2) is 0 Å². The third-order valence-electron chi connectivity index (χ3n) is 4.40. The van der Waals surface area contributed by atoms with Gasteiger partial charge in [0.1, 0.15) is 18.3 Å². The third kappa shape index (κ3) is 2.46. The van der Waals surface area contributed by atoms with Crippen LogP contribution in [-0.2, 0) is 20.9 Å². The van der Waals surface area contributed by atoms with Crippen molar-refractivity contribution in [1.29, 1.82) is 0 Å². The number of hydrogen-bond acceptors (Lipinski definition) is 5. The molecule has 1 fully saturated rings. The molecule has 0 bridgehead atoms. The van der Waals surface area contributed by atoms with Crippen molar-refractivity contribution in [1.82, 2.24) is 0 Å². The van der Waals surface area contributed by atoms with Gasteiger partial charge in [-0.3, -0.25) is 0 Å². The van der Waals surface area contributed by atoms with Crippen LogP contribution in [0.2, 0.25) is 0 Å². The van der Waals surface area contributed by atoms with Crippen molar-refractivity contribution in [2.24, 2.45) is 11.1 Å². The number of rotatable bonds is 4. The lowest BCUT2D eigenvalue weighted by Gasteiger charge is -2.37. The fraction of sp³-hybridized carbons (Fsp3) is 0.562. The molecule has 3 atom stereocenters. The number of oxime groups is 1. The van der Waals surface area contributed by atoms with Gasteiger partial charge in [0.25, 0.3) is 0 Å². The second kappa shape index (κ2) is 5.40. The Bertz CT molecular complexity index is 516. The van der Waals surface area contributed by atoms with Crippen LogP contribution in [-0.4, -0.2) is 41.8 Å². The highest BCUT2D eigenvalue weighted by molar-refractivity contribution is 5.72. The Labute approximate surface area is 124 Å². The summed E-state index contributed by atoms with van der Waals surface area (Å²) in [5.74, 6) is -0.0108. The van der Waals surface area contributed by atoms with E-state index in [0.29, 0.717) is 13.2 Å². The highest BCUT2D eigenvalue weighted by Crippen LogP contribution is 2.46. The van der Waals surface area contributed by atoms with Crippen LogP contribution in [0.25, 0.3) is 0 Å². The zero-order valence-corrected chi connectivity index (χ0v) is 12.4. The molecule has 1 aromatic carbocycles. The molecule has 0 amide bonds. The van der Waals surface area contributed by atoms with Gasteiger partial charge in [-0.2, -0.15) is 0 Å². The lowest BCUT2D eigenvalue weighted by molar-refractivity contribution is -0.101. The van der Waals surface area contributed by atoms with Gasteiger partial charge in [0.05, 0.1) is 30.9 Å². The molecule has 1 saturated heterocycles. The Morgan fingerprint density at radius 2 is 2.10 bits per heavy atom. The van der Waals surface area contributed by atoms with Crippen LogP contribution in [0.4, 0.5) is 0 Å². The number of hydrogen-bond donors (Lipinski definition) is 1. The first-order valence-corrected chi connectivity index (χ1v) is 7.21. The van der Waals surface area contributed by atoms with Gasteiger partial charge in [-0.25, -0.2) is 0 Å². The minimum Gasteiger partial charge on any atom is -0.395 e. The van der Waals surface area contributed by atoms with Gasteiger partial charge < -0.3 is 19.4 Å². The molecule has 0 spiro atoms. The van der Waals surface area contributed by atoms with E-state index in [9.17, 15) is 5.11 Å². The van der Waals surface area contributed by atoms with E-state index >= 15 is 0 Å². The molecule has 114 valence electrons. The standard InChI is InChI=1S/C16H21NO4/c1-15(2)13-10-20-17-11-16(13,14(8-18)21-15)19-9-12-6-4-3-5-7-12/h3-7,11,13-14,18H,8-10H2,1-2H3/t13-,14-,16+/m1/s1. The molecule has 0 radical (unpaired) electrons. The first-order chi connectivity index (χ1) is 10.1. The van der Waals surface area contributed by atoms with Crippen molar-refractivity contribution in [3.05, 3.63) is 35.9 Å². The Morgan fingerprint density at radius 3 is 2.81 bits per heavy atom. The molecule has 1 aromatic rings. The zero-order chi connectivity index (χ0) is 14.9. The lowest BCUT2D eigenvalue weighted by Crippen LogP contribution is -2.54. The van der Waals surface area contributed by atoms with Crippen molar-refractivity contribution in [3.63, 3.8) is 0 Å². The number of ether oxygens (including phenoxy) is 2. The summed E-state index contributed by atoms with van der Waals surface area (Å²) in [5, 5.41) is 13.6. The second-order valence-corrected chi connectivity index (χ2v) is 6.10. The maximum atomic E-state index is 9.69. The molecule has 5 heteroatoms. The smallest absolute Gasteiger partial charge is 0.144 e. The summed E-state index contributed by atoms with van der Waals surface area (Å²) < 4.78 is 12.2. The van der Waals surface area contributed by atoms with E-state index in [1.54, 1.807) is 6.21 Å². The minimum absolute atomic E-state index is 0.0108. The summed E-state index contributed by atoms with van der Waals surface area (Å²) in [6, 6.07) is 9.95. The molecule has 5 nitrogen and oxygen atoms in total. The molecule has 3 rings (SSSR count). The van der Waals surface area contributed by atoms with E-state index in [0.717, 1.165) is 5.56 Å². The van der Waals surface area contributed by atoms with Crippen LogP contribution in [0.5, 0.6) is 0 Å². The van der Waals surface area contributed by atoms with Crippen LogP contribution < -0.4 is 0 Å². The van der Waals surface area contributed by atoms with Gasteiger partial charge >= 0.3 is 0 Å². The highest BCUT2D eigenvalue weighted by atomic mass is 16.6. The van der Waals surface area contributed by atoms with E-state index in [-0.39, 0.29) is 12.5 Å². The zero-order valence-electron chi connectivity index (χ0n) is 12.4. The van der Waals surface area contributed by atoms with Gasteiger partial charge in [-0.1, -0.05) is 35.5 Å². The first kappa shape index (κ1) is 14.5. The molecule has 0 aliphatic carbocycles. The molecule has 2 aliphatic rings. The van der Waals surface area contributed by atoms with Crippen molar-refractivity contribution >= 4 is 6.21 Å². The van der Waals surface area contributed by atoms with Gasteiger partial charge in [0, 0.05) is 0 Å². The summed E-state index contributed by atoms with van der Waals surface area (Å²) in [6.45, 7) is 4.75. The van der Waals surface area contributed by atoms with Gasteiger partial charge in [0.2, 0.25) is 0 Å². The predicted molar refractivity (Wildman–Crippen MR) is 77.9 cm³/mol. The number of nitrogens with zero attached hydrogens (tertiary/aromatic N) is 1. The quantitative estimate of drug-likeness (QED) is 0.918. The van der Waals surface area contributed by atoms with Crippen molar-refractivity contribution in [3.8, 4) is 0 Å². The number of benzene rings is 1. The van der Waals surface area contributed by atoms with E-state index < -0.39 is 17.3 Å². The van der Waals surface area contributed by atoms with Crippen molar-refractivity contribution in [2.75, 3.05) is 13.2 Å². The summed E-state index contributed by atoms with van der Waals surface area (Å²) in [4.78, 5) is 5.22. The molecule has 2 aliphatic heterocycles. The molecule has 1 N–H and O–H groups in total. The maximum absolute atomic E-state index is 9.69. The fourth-order valence-corrected chi connectivity index (χ4v) is 3.24. The molecule has 0 unspecified atom stereocenters. The normalized spacial score (nSPS) is 33.5. The topological polar surface area (TPSA) is 60.3 Å². The molecule has 2 heterocycles.